The van der Waals surface area contributed by atoms with Gasteiger partial charge in [0, 0.05) is 18.0 Å². The van der Waals surface area contributed by atoms with Gasteiger partial charge in [-0.15, -0.1) is 0 Å². The second kappa shape index (κ2) is 4.80. The van der Waals surface area contributed by atoms with Crippen LogP contribution in [0.3, 0.4) is 0 Å². The molecule has 0 aliphatic rings. The van der Waals surface area contributed by atoms with E-state index in [-0.39, 0.29) is 5.82 Å². The molecule has 0 aliphatic carbocycles. The summed E-state index contributed by atoms with van der Waals surface area (Å²) < 4.78 is 13.6. The number of hydrogen-bond donors (Lipinski definition) is 3. The highest BCUT2D eigenvalue weighted by molar-refractivity contribution is 5.62. The van der Waals surface area contributed by atoms with Crippen molar-refractivity contribution in [2.24, 2.45) is 5.84 Å². The number of hydrazine groups is 1. The second-order valence-corrected chi connectivity index (χ2v) is 3.68. The molecule has 1 aromatic carbocycles. The Morgan fingerprint density at radius 3 is 2.76 bits per heavy atom. The van der Waals surface area contributed by atoms with Crippen LogP contribution in [0.2, 0.25) is 0 Å². The van der Waals surface area contributed by atoms with Gasteiger partial charge in [-0.1, -0.05) is 6.07 Å². The number of nitrogens with one attached hydrogen (secondary N) is 2. The minimum absolute atomic E-state index is 0.288. The molecule has 1 aromatic heterocycles. The molecule has 0 bridgehead atoms. The first kappa shape index (κ1) is 11.3. The molecule has 0 saturated heterocycles. The van der Waals surface area contributed by atoms with E-state index in [0.717, 1.165) is 11.3 Å². The third-order valence-electron chi connectivity index (χ3n) is 2.31. The molecule has 0 atom stereocenters. The zero-order valence-electron chi connectivity index (χ0n) is 9.37. The van der Waals surface area contributed by atoms with E-state index in [0.29, 0.717) is 11.5 Å². The number of benzene rings is 1. The SMILES string of the molecule is Cc1ccc(Nc2ccnc(NN)c2)c(F)c1. The van der Waals surface area contributed by atoms with Crippen LogP contribution in [0.1, 0.15) is 5.56 Å². The maximum atomic E-state index is 13.6. The molecule has 0 amide bonds. The molecule has 0 unspecified atom stereocenters. The van der Waals surface area contributed by atoms with Crippen molar-refractivity contribution in [1.29, 1.82) is 0 Å². The summed E-state index contributed by atoms with van der Waals surface area (Å²) in [6.45, 7) is 1.84. The van der Waals surface area contributed by atoms with Crippen LogP contribution in [-0.2, 0) is 0 Å². The lowest BCUT2D eigenvalue weighted by atomic mass is 10.2. The number of anilines is 3. The van der Waals surface area contributed by atoms with E-state index >= 15 is 0 Å². The fraction of sp³-hybridized carbons (Fsp3) is 0.0833. The lowest BCUT2D eigenvalue weighted by Crippen LogP contribution is -2.08. The van der Waals surface area contributed by atoms with Gasteiger partial charge in [-0.2, -0.15) is 0 Å². The van der Waals surface area contributed by atoms with Gasteiger partial charge in [-0.05, 0) is 30.7 Å². The van der Waals surface area contributed by atoms with Crippen molar-refractivity contribution >= 4 is 17.2 Å². The molecular weight excluding hydrogens is 219 g/mol. The van der Waals surface area contributed by atoms with Crippen LogP contribution in [0.25, 0.3) is 0 Å². The third-order valence-corrected chi connectivity index (χ3v) is 2.31. The van der Waals surface area contributed by atoms with Gasteiger partial charge in [0.1, 0.15) is 11.6 Å². The zero-order chi connectivity index (χ0) is 12.3. The molecule has 5 heteroatoms. The van der Waals surface area contributed by atoms with Gasteiger partial charge in [0.25, 0.3) is 0 Å². The molecule has 2 rings (SSSR count). The van der Waals surface area contributed by atoms with Gasteiger partial charge >= 0.3 is 0 Å². The Balaban J connectivity index is 2.25. The molecule has 0 spiro atoms. The topological polar surface area (TPSA) is 63.0 Å². The number of nitrogens with two attached hydrogens (primary N) is 1. The number of hydrogen-bond acceptors (Lipinski definition) is 4. The van der Waals surface area contributed by atoms with Crippen LogP contribution in [0, 0.1) is 12.7 Å². The maximum absolute atomic E-state index is 13.6. The minimum atomic E-state index is -0.288. The summed E-state index contributed by atoms with van der Waals surface area (Å²) in [4.78, 5) is 3.97. The molecule has 0 fully saturated rings. The van der Waals surface area contributed by atoms with Gasteiger partial charge < -0.3 is 10.7 Å². The summed E-state index contributed by atoms with van der Waals surface area (Å²) in [7, 11) is 0. The number of halogens is 1. The molecular formula is C12H13FN4. The highest BCUT2D eigenvalue weighted by Gasteiger charge is 2.03. The molecule has 0 radical (unpaired) electrons. The third kappa shape index (κ3) is 2.70. The van der Waals surface area contributed by atoms with Gasteiger partial charge in [0.15, 0.2) is 0 Å². The predicted molar refractivity (Wildman–Crippen MR) is 66.5 cm³/mol. The number of aromatic nitrogens is 1. The molecule has 1 heterocycles. The summed E-state index contributed by atoms with van der Waals surface area (Å²) in [6.07, 6.45) is 1.59. The molecule has 4 N–H and O–H groups in total. The van der Waals surface area contributed by atoms with Crippen LogP contribution in [0.15, 0.2) is 36.5 Å². The van der Waals surface area contributed by atoms with Crippen molar-refractivity contribution in [2.45, 2.75) is 6.92 Å². The lowest BCUT2D eigenvalue weighted by molar-refractivity contribution is 0.631. The Hall–Kier alpha value is -2.14. The number of pyridine rings is 1. The molecule has 0 saturated carbocycles. The monoisotopic (exact) mass is 232 g/mol. The summed E-state index contributed by atoms with van der Waals surface area (Å²) in [6, 6.07) is 8.44. The Labute approximate surface area is 98.6 Å². The van der Waals surface area contributed by atoms with Crippen LogP contribution >= 0.6 is 0 Å². The van der Waals surface area contributed by atoms with Crippen molar-refractivity contribution in [3.8, 4) is 0 Å². The van der Waals surface area contributed by atoms with Crippen molar-refractivity contribution in [3.63, 3.8) is 0 Å². The molecule has 0 aliphatic heterocycles. The first-order valence-corrected chi connectivity index (χ1v) is 5.15. The van der Waals surface area contributed by atoms with Crippen molar-refractivity contribution in [1.82, 2.24) is 4.98 Å². The zero-order valence-corrected chi connectivity index (χ0v) is 9.37. The molecule has 17 heavy (non-hydrogen) atoms. The summed E-state index contributed by atoms with van der Waals surface area (Å²) >= 11 is 0. The predicted octanol–water partition coefficient (Wildman–Crippen LogP) is 2.56. The van der Waals surface area contributed by atoms with E-state index in [4.69, 9.17) is 5.84 Å². The van der Waals surface area contributed by atoms with E-state index in [1.165, 1.54) is 6.07 Å². The Kier molecular flexibility index (Phi) is 3.20. The average molecular weight is 232 g/mol. The fourth-order valence-corrected chi connectivity index (χ4v) is 1.46. The Morgan fingerprint density at radius 2 is 2.06 bits per heavy atom. The fourth-order valence-electron chi connectivity index (χ4n) is 1.46. The van der Waals surface area contributed by atoms with E-state index in [9.17, 15) is 4.39 Å². The Morgan fingerprint density at radius 1 is 1.24 bits per heavy atom. The van der Waals surface area contributed by atoms with Crippen molar-refractivity contribution in [3.05, 3.63) is 47.9 Å². The number of nitrogen functional groups attached to an aromatic ring is 1. The van der Waals surface area contributed by atoms with Crippen LogP contribution in [0.4, 0.5) is 21.6 Å². The smallest absolute Gasteiger partial charge is 0.146 e. The first-order valence-electron chi connectivity index (χ1n) is 5.15. The lowest BCUT2D eigenvalue weighted by Gasteiger charge is -2.09. The van der Waals surface area contributed by atoms with Crippen LogP contribution < -0.4 is 16.6 Å². The minimum Gasteiger partial charge on any atom is -0.353 e. The standard InChI is InChI=1S/C12H13FN4/c1-8-2-3-11(10(13)6-8)16-9-4-5-15-12(7-9)17-14/h2-7H,14H2,1H3,(H2,15,16,17). The van der Waals surface area contributed by atoms with E-state index < -0.39 is 0 Å². The summed E-state index contributed by atoms with van der Waals surface area (Å²) in [5.74, 6) is 5.48. The molecule has 88 valence electrons. The van der Waals surface area contributed by atoms with Gasteiger partial charge in [0.2, 0.25) is 0 Å². The number of rotatable bonds is 3. The van der Waals surface area contributed by atoms with Gasteiger partial charge in [0.05, 0.1) is 5.69 Å². The summed E-state index contributed by atoms with van der Waals surface area (Å²) in [5, 5.41) is 2.96. The van der Waals surface area contributed by atoms with Gasteiger partial charge in [-0.25, -0.2) is 15.2 Å². The average Bonchev–Trinajstić information content (AvgIpc) is 2.33. The van der Waals surface area contributed by atoms with Crippen molar-refractivity contribution < 1.29 is 4.39 Å². The number of nitrogens with zero attached hydrogens (tertiary/aromatic N) is 1. The van der Waals surface area contributed by atoms with Crippen LogP contribution in [0.5, 0.6) is 0 Å². The largest absolute Gasteiger partial charge is 0.353 e. The number of aryl methyl sites for hydroxylation is 1. The quantitative estimate of drug-likeness (QED) is 0.562. The van der Waals surface area contributed by atoms with Gasteiger partial charge in [-0.3, -0.25) is 0 Å². The Bertz CT molecular complexity index is 528. The highest BCUT2D eigenvalue weighted by atomic mass is 19.1. The molecule has 2 aromatic rings. The normalized spacial score (nSPS) is 10.1. The summed E-state index contributed by atoms with van der Waals surface area (Å²) in [5.41, 5.74) is 4.45. The maximum Gasteiger partial charge on any atom is 0.146 e. The second-order valence-electron chi connectivity index (χ2n) is 3.68. The van der Waals surface area contributed by atoms with E-state index in [1.54, 1.807) is 24.4 Å². The van der Waals surface area contributed by atoms with E-state index in [1.807, 2.05) is 13.0 Å². The highest BCUT2D eigenvalue weighted by Crippen LogP contribution is 2.21. The molecule has 4 nitrogen and oxygen atoms in total. The van der Waals surface area contributed by atoms with Crippen molar-refractivity contribution in [2.75, 3.05) is 10.7 Å². The first-order chi connectivity index (χ1) is 8.19. The van der Waals surface area contributed by atoms with E-state index in [2.05, 4.69) is 15.7 Å². The van der Waals surface area contributed by atoms with Crippen LogP contribution in [-0.4, -0.2) is 4.98 Å².